The largest absolute Gasteiger partial charge is 0.494 e. The summed E-state index contributed by atoms with van der Waals surface area (Å²) in [6, 6.07) is 14.6. The van der Waals surface area contributed by atoms with Crippen molar-refractivity contribution in [2.75, 3.05) is 18.5 Å². The summed E-state index contributed by atoms with van der Waals surface area (Å²) in [5, 5.41) is 5.97. The summed E-state index contributed by atoms with van der Waals surface area (Å²) in [4.78, 5) is 12.3. The zero-order chi connectivity index (χ0) is 21.2. The first-order valence-electron chi connectivity index (χ1n) is 10.7. The van der Waals surface area contributed by atoms with E-state index in [9.17, 15) is 4.79 Å². The average molecular weight is 427 g/mol. The summed E-state index contributed by atoms with van der Waals surface area (Å²) < 4.78 is 11.3. The van der Waals surface area contributed by atoms with Crippen molar-refractivity contribution >= 4 is 28.9 Å². The van der Waals surface area contributed by atoms with Crippen molar-refractivity contribution in [3.05, 3.63) is 54.1 Å². The molecule has 1 amide bonds. The molecule has 0 spiro atoms. The number of amides is 1. The molecule has 0 saturated heterocycles. The van der Waals surface area contributed by atoms with E-state index >= 15 is 0 Å². The Bertz CT molecular complexity index is 815. The molecule has 0 bridgehead atoms. The molecular weight excluding hydrogens is 396 g/mol. The first-order valence-corrected chi connectivity index (χ1v) is 11.1. The second-order valence-electron chi connectivity index (χ2n) is 7.53. The van der Waals surface area contributed by atoms with Gasteiger partial charge in [-0.15, -0.1) is 0 Å². The van der Waals surface area contributed by atoms with Crippen LogP contribution in [0.4, 0.5) is 5.69 Å². The van der Waals surface area contributed by atoms with E-state index in [1.165, 1.54) is 32.1 Å². The Hall–Kier alpha value is -2.60. The smallest absolute Gasteiger partial charge is 0.257 e. The first kappa shape index (κ1) is 22.1. The van der Waals surface area contributed by atoms with Gasteiger partial charge in [0.05, 0.1) is 13.2 Å². The van der Waals surface area contributed by atoms with Gasteiger partial charge in [-0.25, -0.2) is 0 Å². The zero-order valence-corrected chi connectivity index (χ0v) is 18.3. The van der Waals surface area contributed by atoms with E-state index in [0.29, 0.717) is 12.2 Å². The van der Waals surface area contributed by atoms with Crippen LogP contribution >= 0.6 is 12.2 Å². The van der Waals surface area contributed by atoms with Crippen LogP contribution in [0, 0.1) is 5.92 Å². The Morgan fingerprint density at radius 3 is 2.27 bits per heavy atom. The molecule has 2 N–H and O–H groups in total. The number of benzene rings is 2. The third-order valence-electron chi connectivity index (χ3n) is 5.29. The van der Waals surface area contributed by atoms with Crippen molar-refractivity contribution in [3.8, 4) is 11.5 Å². The molecule has 5 nitrogen and oxygen atoms in total. The van der Waals surface area contributed by atoms with E-state index in [0.717, 1.165) is 36.1 Å². The van der Waals surface area contributed by atoms with Crippen LogP contribution in [0.3, 0.4) is 0 Å². The zero-order valence-electron chi connectivity index (χ0n) is 17.5. The number of hydrogen-bond donors (Lipinski definition) is 2. The van der Waals surface area contributed by atoms with Crippen LogP contribution in [0.15, 0.2) is 48.5 Å². The quantitative estimate of drug-likeness (QED) is 0.541. The third-order valence-corrected chi connectivity index (χ3v) is 5.49. The highest BCUT2D eigenvalue weighted by molar-refractivity contribution is 7.80. The number of hydrogen-bond acceptors (Lipinski definition) is 4. The van der Waals surface area contributed by atoms with E-state index < -0.39 is 0 Å². The highest BCUT2D eigenvalue weighted by Crippen LogP contribution is 2.26. The molecule has 1 aliphatic rings. The van der Waals surface area contributed by atoms with Crippen LogP contribution in [-0.2, 0) is 0 Å². The Morgan fingerprint density at radius 1 is 0.967 bits per heavy atom. The van der Waals surface area contributed by atoms with Crippen LogP contribution in [0.5, 0.6) is 11.5 Å². The van der Waals surface area contributed by atoms with Crippen LogP contribution in [0.1, 0.15) is 55.8 Å². The van der Waals surface area contributed by atoms with Crippen molar-refractivity contribution < 1.29 is 14.3 Å². The molecule has 0 aromatic heterocycles. The molecule has 0 unspecified atom stereocenters. The molecule has 3 rings (SSSR count). The predicted octanol–water partition coefficient (Wildman–Crippen LogP) is 5.56. The fraction of sp³-hybridized carbons (Fsp3) is 0.417. The maximum absolute atomic E-state index is 12.3. The lowest BCUT2D eigenvalue weighted by molar-refractivity contribution is 0.0977. The number of carbonyl (C=O) groups is 1. The minimum absolute atomic E-state index is 0.250. The lowest BCUT2D eigenvalue weighted by atomic mass is 9.87. The molecule has 0 aliphatic heterocycles. The number of nitrogens with one attached hydrogen (secondary N) is 2. The average Bonchev–Trinajstić information content (AvgIpc) is 2.76. The first-order chi connectivity index (χ1) is 14.6. The topological polar surface area (TPSA) is 59.6 Å². The van der Waals surface area contributed by atoms with Gasteiger partial charge in [0.1, 0.15) is 11.5 Å². The second kappa shape index (κ2) is 11.6. The highest BCUT2D eigenvalue weighted by atomic mass is 32.1. The summed E-state index contributed by atoms with van der Waals surface area (Å²) in [5.74, 6) is 2.13. The molecule has 0 atom stereocenters. The van der Waals surface area contributed by atoms with Crippen molar-refractivity contribution in [2.24, 2.45) is 5.92 Å². The minimum atomic E-state index is -0.266. The summed E-state index contributed by atoms with van der Waals surface area (Å²) >= 11 is 5.26. The van der Waals surface area contributed by atoms with Crippen LogP contribution in [-0.4, -0.2) is 24.2 Å². The van der Waals surface area contributed by atoms with Gasteiger partial charge in [0, 0.05) is 11.3 Å². The van der Waals surface area contributed by atoms with E-state index in [1.807, 2.05) is 31.2 Å². The summed E-state index contributed by atoms with van der Waals surface area (Å²) in [7, 11) is 0. The lowest BCUT2D eigenvalue weighted by Crippen LogP contribution is -2.34. The molecule has 1 fully saturated rings. The molecule has 0 heterocycles. The van der Waals surface area contributed by atoms with Crippen molar-refractivity contribution in [3.63, 3.8) is 0 Å². The van der Waals surface area contributed by atoms with Gasteiger partial charge in [-0.1, -0.05) is 32.1 Å². The van der Waals surface area contributed by atoms with Crippen LogP contribution in [0.25, 0.3) is 0 Å². The molecular formula is C24H30N2O3S. The number of rotatable bonds is 8. The van der Waals surface area contributed by atoms with E-state index in [-0.39, 0.29) is 11.0 Å². The minimum Gasteiger partial charge on any atom is -0.494 e. The molecule has 2 aromatic rings. The molecule has 1 saturated carbocycles. The molecule has 1 aliphatic carbocycles. The number of ether oxygens (including phenoxy) is 2. The van der Waals surface area contributed by atoms with Crippen LogP contribution in [0.2, 0.25) is 0 Å². The summed E-state index contributed by atoms with van der Waals surface area (Å²) in [6.07, 6.45) is 7.91. The Kier molecular flexibility index (Phi) is 8.51. The third kappa shape index (κ3) is 7.02. The highest BCUT2D eigenvalue weighted by Gasteiger charge is 2.13. The van der Waals surface area contributed by atoms with Gasteiger partial charge >= 0.3 is 0 Å². The van der Waals surface area contributed by atoms with Crippen molar-refractivity contribution in [1.29, 1.82) is 0 Å². The maximum Gasteiger partial charge on any atom is 0.257 e. The van der Waals surface area contributed by atoms with Gasteiger partial charge in [0.25, 0.3) is 5.91 Å². The van der Waals surface area contributed by atoms with Crippen LogP contribution < -0.4 is 20.1 Å². The Morgan fingerprint density at radius 2 is 1.60 bits per heavy atom. The number of carbonyl (C=O) groups excluding carboxylic acids is 1. The van der Waals surface area contributed by atoms with Gasteiger partial charge in [-0.3, -0.25) is 10.1 Å². The normalized spacial score (nSPS) is 14.0. The fourth-order valence-corrected chi connectivity index (χ4v) is 3.87. The van der Waals surface area contributed by atoms with Gasteiger partial charge in [-0.2, -0.15) is 0 Å². The number of thiocarbonyl (C=S) groups is 1. The molecule has 2 aromatic carbocycles. The van der Waals surface area contributed by atoms with E-state index in [2.05, 4.69) is 10.6 Å². The van der Waals surface area contributed by atoms with Gasteiger partial charge in [-0.05, 0) is 80.0 Å². The lowest BCUT2D eigenvalue weighted by Gasteiger charge is -2.21. The molecule has 30 heavy (non-hydrogen) atoms. The number of anilines is 1. The standard InChI is InChI=1S/C24H30N2O3S/c1-2-28-21-12-8-19(9-13-21)23(27)26-24(30)25-20-10-14-22(15-11-20)29-17-16-18-6-4-3-5-7-18/h8-15,18H,2-7,16-17H2,1H3,(H2,25,26,27,30). The van der Waals surface area contributed by atoms with Gasteiger partial charge in [0.15, 0.2) is 5.11 Å². The maximum atomic E-state index is 12.3. The van der Waals surface area contributed by atoms with Gasteiger partial charge < -0.3 is 14.8 Å². The molecule has 6 heteroatoms. The Labute approximate surface area is 184 Å². The second-order valence-corrected chi connectivity index (χ2v) is 7.94. The van der Waals surface area contributed by atoms with Crippen molar-refractivity contribution in [1.82, 2.24) is 5.32 Å². The SMILES string of the molecule is CCOc1ccc(C(=O)NC(=S)Nc2ccc(OCCC3CCCCC3)cc2)cc1. The Balaban J connectivity index is 1.41. The van der Waals surface area contributed by atoms with Gasteiger partial charge in [0.2, 0.25) is 0 Å². The molecule has 160 valence electrons. The summed E-state index contributed by atoms with van der Waals surface area (Å²) in [6.45, 7) is 3.26. The monoisotopic (exact) mass is 426 g/mol. The fourth-order valence-electron chi connectivity index (χ4n) is 3.66. The van der Waals surface area contributed by atoms with E-state index in [4.69, 9.17) is 21.7 Å². The van der Waals surface area contributed by atoms with E-state index in [1.54, 1.807) is 24.3 Å². The van der Waals surface area contributed by atoms with Crippen molar-refractivity contribution in [2.45, 2.75) is 45.4 Å². The predicted molar refractivity (Wildman–Crippen MR) is 124 cm³/mol. The molecule has 0 radical (unpaired) electrons. The summed E-state index contributed by atoms with van der Waals surface area (Å²) in [5.41, 5.74) is 1.32.